The highest BCUT2D eigenvalue weighted by molar-refractivity contribution is 5.89. The van der Waals surface area contributed by atoms with Crippen LogP contribution in [-0.4, -0.2) is 72.7 Å². The molecule has 5 rings (SSSR count). The molecule has 0 saturated carbocycles. The van der Waals surface area contributed by atoms with Crippen LogP contribution < -0.4 is 14.8 Å². The van der Waals surface area contributed by atoms with Crippen molar-refractivity contribution in [1.82, 2.24) is 15.1 Å². The van der Waals surface area contributed by atoms with Gasteiger partial charge in [-0.3, -0.25) is 10.00 Å². The van der Waals surface area contributed by atoms with Gasteiger partial charge in [-0.2, -0.15) is 5.10 Å². The first-order chi connectivity index (χ1) is 16.6. The summed E-state index contributed by atoms with van der Waals surface area (Å²) < 4.78 is 17.1. The first-order valence-corrected chi connectivity index (χ1v) is 11.4. The maximum Gasteiger partial charge on any atom is 0.335 e. The molecule has 1 aromatic heterocycles. The van der Waals surface area contributed by atoms with E-state index in [1.807, 2.05) is 18.2 Å². The number of nitrogens with zero attached hydrogens (tertiary/aromatic N) is 2. The van der Waals surface area contributed by atoms with Gasteiger partial charge in [0.15, 0.2) is 17.3 Å². The number of morpholine rings is 1. The molecule has 9 nitrogen and oxygen atoms in total. The quantitative estimate of drug-likeness (QED) is 0.323. The number of nitrogens with one attached hydrogen (secondary N) is 2. The fourth-order valence-corrected chi connectivity index (χ4v) is 4.47. The van der Waals surface area contributed by atoms with E-state index in [2.05, 4.69) is 20.4 Å². The topological polar surface area (TPSA) is 109 Å². The largest absolute Gasteiger partial charge is 0.493 e. The van der Waals surface area contributed by atoms with Gasteiger partial charge in [-0.05, 0) is 42.3 Å². The van der Waals surface area contributed by atoms with Gasteiger partial charge >= 0.3 is 5.97 Å². The lowest BCUT2D eigenvalue weighted by Gasteiger charge is -2.26. The number of anilines is 2. The van der Waals surface area contributed by atoms with Gasteiger partial charge < -0.3 is 24.6 Å². The van der Waals surface area contributed by atoms with Crippen molar-refractivity contribution in [1.29, 1.82) is 0 Å². The van der Waals surface area contributed by atoms with Crippen LogP contribution in [0.25, 0.3) is 11.3 Å². The molecule has 0 unspecified atom stereocenters. The van der Waals surface area contributed by atoms with Crippen LogP contribution in [0.3, 0.4) is 0 Å². The number of hydrogen-bond acceptors (Lipinski definition) is 7. The van der Waals surface area contributed by atoms with Crippen LogP contribution in [0.4, 0.5) is 11.5 Å². The third-order valence-electron chi connectivity index (χ3n) is 6.25. The number of rotatable bonds is 9. The fraction of sp³-hybridized carbons (Fsp3) is 0.360. The Labute approximate surface area is 197 Å². The van der Waals surface area contributed by atoms with Crippen LogP contribution >= 0.6 is 0 Å². The summed E-state index contributed by atoms with van der Waals surface area (Å²) in [5.74, 6) is 1.15. The van der Waals surface area contributed by atoms with Crippen LogP contribution in [0.2, 0.25) is 0 Å². The molecule has 0 atom stereocenters. The Bertz CT molecular complexity index is 1190. The smallest absolute Gasteiger partial charge is 0.335 e. The maximum atomic E-state index is 11.3. The van der Waals surface area contributed by atoms with Crippen molar-refractivity contribution in [2.45, 2.75) is 12.8 Å². The monoisotopic (exact) mass is 464 g/mol. The zero-order valence-electron chi connectivity index (χ0n) is 19.1. The number of carboxylic acids is 1. The summed E-state index contributed by atoms with van der Waals surface area (Å²) in [7, 11) is 1.65. The highest BCUT2D eigenvalue weighted by Gasteiger charge is 2.27. The summed E-state index contributed by atoms with van der Waals surface area (Å²) in [5.41, 5.74) is 5.03. The molecule has 0 amide bonds. The van der Waals surface area contributed by atoms with Crippen molar-refractivity contribution in [3.8, 4) is 22.8 Å². The molecule has 1 aliphatic carbocycles. The van der Waals surface area contributed by atoms with E-state index in [1.54, 1.807) is 25.3 Å². The van der Waals surface area contributed by atoms with Crippen molar-refractivity contribution in [2.24, 2.45) is 0 Å². The second kappa shape index (κ2) is 9.74. The van der Waals surface area contributed by atoms with Gasteiger partial charge in [0.2, 0.25) is 0 Å². The normalized spacial score (nSPS) is 15.0. The highest BCUT2D eigenvalue weighted by Crippen LogP contribution is 2.44. The van der Waals surface area contributed by atoms with E-state index in [-0.39, 0.29) is 5.56 Å². The Balaban J connectivity index is 1.28. The summed E-state index contributed by atoms with van der Waals surface area (Å²) in [6, 6.07) is 10.7. The third-order valence-corrected chi connectivity index (χ3v) is 6.25. The van der Waals surface area contributed by atoms with Gasteiger partial charge in [-0.15, -0.1) is 0 Å². The van der Waals surface area contributed by atoms with Crippen LogP contribution in [0, 0.1) is 0 Å². The summed E-state index contributed by atoms with van der Waals surface area (Å²) in [5, 5.41) is 20.0. The summed E-state index contributed by atoms with van der Waals surface area (Å²) in [6.45, 7) is 5.17. The molecular weight excluding hydrogens is 436 g/mol. The van der Waals surface area contributed by atoms with E-state index in [1.165, 1.54) is 0 Å². The van der Waals surface area contributed by atoms with Crippen LogP contribution in [0.5, 0.6) is 11.5 Å². The number of aromatic amines is 1. The lowest BCUT2D eigenvalue weighted by molar-refractivity contribution is 0.0357. The fourth-order valence-electron chi connectivity index (χ4n) is 4.47. The Morgan fingerprint density at radius 1 is 1.24 bits per heavy atom. The number of carboxylic acid groups (broad SMARTS) is 1. The molecule has 3 N–H and O–H groups in total. The molecular formula is C25H28N4O5. The van der Waals surface area contributed by atoms with Crippen molar-refractivity contribution >= 4 is 17.5 Å². The Hall–Kier alpha value is -3.56. The van der Waals surface area contributed by atoms with E-state index in [4.69, 9.17) is 14.2 Å². The predicted octanol–water partition coefficient (Wildman–Crippen LogP) is 3.53. The minimum Gasteiger partial charge on any atom is -0.493 e. The Morgan fingerprint density at radius 2 is 2.09 bits per heavy atom. The lowest BCUT2D eigenvalue weighted by Crippen LogP contribution is -2.37. The number of hydrogen-bond donors (Lipinski definition) is 3. The van der Waals surface area contributed by atoms with Crippen LogP contribution in [0.1, 0.15) is 27.9 Å². The second-order valence-corrected chi connectivity index (χ2v) is 8.43. The van der Waals surface area contributed by atoms with E-state index in [9.17, 15) is 9.90 Å². The average molecular weight is 465 g/mol. The van der Waals surface area contributed by atoms with Crippen molar-refractivity contribution in [2.75, 3.05) is 51.9 Å². The molecule has 0 bridgehead atoms. The summed E-state index contributed by atoms with van der Waals surface area (Å²) in [6.07, 6.45) is 1.63. The van der Waals surface area contributed by atoms with Crippen molar-refractivity contribution in [3.63, 3.8) is 0 Å². The standard InChI is InChI=1S/C25H28N4O5/c1-32-21-15-19-17(14-22(21)34-9-3-6-29-7-10-33-11-8-29)13-20-23(19)27-28-24(20)26-18-5-2-4-16(12-18)25(30)31/h2,4-5,12,14-15H,3,6-11,13H2,1H3,(H,30,31)(H2,26,27,28). The third kappa shape index (κ3) is 4.57. The number of H-pyrrole nitrogens is 1. The van der Waals surface area contributed by atoms with Gasteiger partial charge in [0, 0.05) is 42.9 Å². The Kier molecular flexibility index (Phi) is 6.37. The first-order valence-electron chi connectivity index (χ1n) is 11.4. The Morgan fingerprint density at radius 3 is 2.88 bits per heavy atom. The molecule has 1 fully saturated rings. The molecule has 2 aliphatic rings. The van der Waals surface area contributed by atoms with Gasteiger partial charge in [0.1, 0.15) is 0 Å². The number of ether oxygens (including phenoxy) is 3. The highest BCUT2D eigenvalue weighted by atomic mass is 16.5. The van der Waals surface area contributed by atoms with Crippen LogP contribution in [0.15, 0.2) is 36.4 Å². The van der Waals surface area contributed by atoms with Gasteiger partial charge in [-0.1, -0.05) is 6.07 Å². The number of aromatic carboxylic acids is 1. The lowest BCUT2D eigenvalue weighted by atomic mass is 10.1. The van der Waals surface area contributed by atoms with E-state index < -0.39 is 5.97 Å². The van der Waals surface area contributed by atoms with E-state index in [0.717, 1.165) is 67.4 Å². The van der Waals surface area contributed by atoms with Crippen LogP contribution in [-0.2, 0) is 11.2 Å². The molecule has 3 aromatic rings. The van der Waals surface area contributed by atoms with Crippen molar-refractivity contribution in [3.05, 3.63) is 53.1 Å². The van der Waals surface area contributed by atoms with Crippen molar-refractivity contribution < 1.29 is 24.1 Å². The second-order valence-electron chi connectivity index (χ2n) is 8.43. The number of carbonyl (C=O) groups is 1. The molecule has 2 heterocycles. The molecule has 0 radical (unpaired) electrons. The molecule has 178 valence electrons. The molecule has 34 heavy (non-hydrogen) atoms. The zero-order valence-corrected chi connectivity index (χ0v) is 19.1. The summed E-state index contributed by atoms with van der Waals surface area (Å²) in [4.78, 5) is 13.7. The number of aromatic nitrogens is 2. The summed E-state index contributed by atoms with van der Waals surface area (Å²) >= 11 is 0. The number of methoxy groups -OCH3 is 1. The van der Waals surface area contributed by atoms with Gasteiger partial charge in [0.05, 0.1) is 38.2 Å². The number of benzene rings is 2. The van der Waals surface area contributed by atoms with Gasteiger partial charge in [0.25, 0.3) is 0 Å². The zero-order chi connectivity index (χ0) is 23.5. The molecule has 2 aromatic carbocycles. The molecule has 0 spiro atoms. The maximum absolute atomic E-state index is 11.3. The first kappa shape index (κ1) is 22.2. The molecule has 9 heteroatoms. The minimum absolute atomic E-state index is 0.223. The molecule has 1 saturated heterocycles. The average Bonchev–Trinajstić information content (AvgIpc) is 3.41. The number of fused-ring (bicyclic) bond motifs is 3. The molecule has 1 aliphatic heterocycles. The van der Waals surface area contributed by atoms with Gasteiger partial charge in [-0.25, -0.2) is 4.79 Å². The minimum atomic E-state index is -0.965. The SMILES string of the molecule is COc1cc2c(cc1OCCCN1CCOCC1)Cc1c(Nc3cccc(C(=O)O)c3)n[nH]c1-2. The van der Waals surface area contributed by atoms with E-state index in [0.29, 0.717) is 30.3 Å². The van der Waals surface area contributed by atoms with E-state index >= 15 is 0 Å². The predicted molar refractivity (Wildman–Crippen MR) is 127 cm³/mol.